The monoisotopic (exact) mass is 478 g/mol. The van der Waals surface area contributed by atoms with E-state index in [-0.39, 0.29) is 18.5 Å². The summed E-state index contributed by atoms with van der Waals surface area (Å²) in [5.41, 5.74) is 0.623. The minimum Gasteiger partial charge on any atom is -0.495 e. The predicted octanol–water partition coefficient (Wildman–Crippen LogP) is 3.64. The van der Waals surface area contributed by atoms with Gasteiger partial charge in [0.2, 0.25) is 0 Å². The fourth-order valence-corrected chi connectivity index (χ4v) is 3.26. The summed E-state index contributed by atoms with van der Waals surface area (Å²) >= 11 is 9.32. The third-order valence-electron chi connectivity index (χ3n) is 4.18. The summed E-state index contributed by atoms with van der Waals surface area (Å²) in [6, 6.07) is 9.77. The van der Waals surface area contributed by atoms with Crippen molar-refractivity contribution in [1.82, 2.24) is 9.55 Å². The molecule has 9 heteroatoms. The average Bonchev–Trinajstić information content (AvgIpc) is 2.71. The van der Waals surface area contributed by atoms with Crippen molar-refractivity contribution in [3.05, 3.63) is 68.1 Å². The van der Waals surface area contributed by atoms with Gasteiger partial charge in [0.1, 0.15) is 5.75 Å². The highest BCUT2D eigenvalue weighted by molar-refractivity contribution is 9.10. The summed E-state index contributed by atoms with van der Waals surface area (Å²) in [5, 5.41) is 0.737. The van der Waals surface area contributed by atoms with Gasteiger partial charge in [0.25, 0.3) is 5.56 Å². The Morgan fingerprint density at radius 3 is 2.72 bits per heavy atom. The van der Waals surface area contributed by atoms with Crippen molar-refractivity contribution in [2.45, 2.75) is 13.0 Å². The van der Waals surface area contributed by atoms with E-state index >= 15 is 0 Å². The van der Waals surface area contributed by atoms with Crippen LogP contribution in [0.4, 0.5) is 0 Å². The van der Waals surface area contributed by atoms with Crippen LogP contribution in [-0.2, 0) is 16.1 Å². The van der Waals surface area contributed by atoms with E-state index in [1.807, 2.05) is 0 Å². The maximum Gasteiger partial charge on any atom is 0.308 e. The topological polar surface area (TPSA) is 87.5 Å². The lowest BCUT2D eigenvalue weighted by molar-refractivity contribution is -0.142. The summed E-state index contributed by atoms with van der Waals surface area (Å²) in [7, 11) is 1.47. The molecule has 1 heterocycles. The molecule has 0 atom stereocenters. The van der Waals surface area contributed by atoms with Gasteiger partial charge >= 0.3 is 5.97 Å². The number of Topliss-reactive ketones (excluding diaryl/α,β-unsaturated/α-hetero) is 1. The second-order valence-corrected chi connectivity index (χ2v) is 7.41. The van der Waals surface area contributed by atoms with Crippen LogP contribution in [0, 0.1) is 0 Å². The molecule has 2 aromatic carbocycles. The molecule has 0 aliphatic heterocycles. The number of nitrogens with zero attached hydrogens (tertiary/aromatic N) is 2. The molecule has 0 unspecified atom stereocenters. The number of carbonyl (C=O) groups excluding carboxylic acids is 2. The van der Waals surface area contributed by atoms with Gasteiger partial charge in [0.15, 0.2) is 12.4 Å². The number of rotatable bonds is 7. The number of aromatic nitrogens is 2. The molecular weight excluding hydrogens is 464 g/mol. The first-order valence-electron chi connectivity index (χ1n) is 8.56. The van der Waals surface area contributed by atoms with Crippen LogP contribution in [0.25, 0.3) is 10.9 Å². The largest absolute Gasteiger partial charge is 0.495 e. The minimum absolute atomic E-state index is 0.0717. The van der Waals surface area contributed by atoms with E-state index < -0.39 is 18.4 Å². The standard InChI is InChI=1S/C20H16BrClN2O5/c1-28-18-5-2-12(8-15(18)22)17(25)10-29-19(26)6-7-24-11-23-16-4-3-13(21)9-14(16)20(24)27/h2-5,8-9,11H,6-7,10H2,1H3. The highest BCUT2D eigenvalue weighted by Gasteiger charge is 2.13. The van der Waals surface area contributed by atoms with E-state index in [1.165, 1.54) is 24.1 Å². The normalized spacial score (nSPS) is 10.7. The first kappa shape index (κ1) is 21.0. The minimum atomic E-state index is -0.598. The average molecular weight is 480 g/mol. The predicted molar refractivity (Wildman–Crippen MR) is 112 cm³/mol. The molecule has 0 aliphatic carbocycles. The Hall–Kier alpha value is -2.71. The molecule has 0 saturated carbocycles. The van der Waals surface area contributed by atoms with E-state index in [0.717, 1.165) is 4.47 Å². The summed E-state index contributed by atoms with van der Waals surface area (Å²) in [6.07, 6.45) is 1.31. The van der Waals surface area contributed by atoms with E-state index in [0.29, 0.717) is 27.2 Å². The Labute approximate surface area is 179 Å². The van der Waals surface area contributed by atoms with Gasteiger partial charge in [-0.25, -0.2) is 4.98 Å². The van der Waals surface area contributed by atoms with Crippen molar-refractivity contribution in [3.63, 3.8) is 0 Å². The first-order chi connectivity index (χ1) is 13.9. The van der Waals surface area contributed by atoms with Crippen molar-refractivity contribution < 1.29 is 19.1 Å². The van der Waals surface area contributed by atoms with Gasteiger partial charge in [0.05, 0.1) is 35.8 Å². The first-order valence-corrected chi connectivity index (χ1v) is 9.73. The zero-order valence-electron chi connectivity index (χ0n) is 15.4. The molecule has 0 aliphatic rings. The molecule has 0 N–H and O–H groups in total. The van der Waals surface area contributed by atoms with Gasteiger partial charge in [-0.05, 0) is 36.4 Å². The molecule has 0 spiro atoms. The Morgan fingerprint density at radius 2 is 2.00 bits per heavy atom. The van der Waals surface area contributed by atoms with Crippen LogP contribution in [0.2, 0.25) is 5.02 Å². The van der Waals surface area contributed by atoms with Gasteiger partial charge in [-0.1, -0.05) is 27.5 Å². The molecule has 3 rings (SSSR count). The number of methoxy groups -OCH3 is 1. The van der Waals surface area contributed by atoms with Crippen molar-refractivity contribution in [1.29, 1.82) is 0 Å². The fourth-order valence-electron chi connectivity index (χ4n) is 2.64. The number of halogens is 2. The Bertz CT molecular complexity index is 1150. The number of hydrogen-bond donors (Lipinski definition) is 0. The lowest BCUT2D eigenvalue weighted by Gasteiger charge is -2.08. The Kier molecular flexibility index (Phi) is 6.66. The van der Waals surface area contributed by atoms with Gasteiger partial charge in [-0.3, -0.25) is 19.0 Å². The summed E-state index contributed by atoms with van der Waals surface area (Å²) in [6.45, 7) is -0.324. The second kappa shape index (κ2) is 9.19. The quantitative estimate of drug-likeness (QED) is 0.380. The van der Waals surface area contributed by atoms with E-state index in [9.17, 15) is 14.4 Å². The Balaban J connectivity index is 1.58. The van der Waals surface area contributed by atoms with Crippen LogP contribution in [-0.4, -0.2) is 35.0 Å². The zero-order chi connectivity index (χ0) is 21.0. The number of ketones is 1. The summed E-state index contributed by atoms with van der Waals surface area (Å²) < 4.78 is 12.1. The zero-order valence-corrected chi connectivity index (χ0v) is 17.7. The van der Waals surface area contributed by atoms with Crippen molar-refractivity contribution in [2.75, 3.05) is 13.7 Å². The third-order valence-corrected chi connectivity index (χ3v) is 4.97. The van der Waals surface area contributed by atoms with Gasteiger partial charge in [-0.15, -0.1) is 0 Å². The molecule has 7 nitrogen and oxygen atoms in total. The van der Waals surface area contributed by atoms with Crippen LogP contribution in [0.15, 0.2) is 52.0 Å². The van der Waals surface area contributed by atoms with Crippen LogP contribution >= 0.6 is 27.5 Å². The maximum atomic E-state index is 12.5. The number of aryl methyl sites for hydroxylation is 1. The highest BCUT2D eigenvalue weighted by Crippen LogP contribution is 2.25. The smallest absolute Gasteiger partial charge is 0.308 e. The number of fused-ring (bicyclic) bond motifs is 1. The number of carbonyl (C=O) groups is 2. The molecule has 0 bridgehead atoms. The molecule has 3 aromatic rings. The van der Waals surface area contributed by atoms with Crippen LogP contribution in [0.3, 0.4) is 0 Å². The molecule has 29 heavy (non-hydrogen) atoms. The number of ether oxygens (including phenoxy) is 2. The van der Waals surface area contributed by atoms with Crippen LogP contribution in [0.5, 0.6) is 5.75 Å². The SMILES string of the molecule is COc1ccc(C(=O)COC(=O)CCn2cnc3ccc(Br)cc3c2=O)cc1Cl. The highest BCUT2D eigenvalue weighted by atomic mass is 79.9. The van der Waals surface area contributed by atoms with Crippen molar-refractivity contribution >= 4 is 50.2 Å². The molecule has 0 fully saturated rings. The molecular formula is C20H16BrClN2O5. The molecule has 0 amide bonds. The van der Waals surface area contributed by atoms with Crippen molar-refractivity contribution in [3.8, 4) is 5.75 Å². The van der Waals surface area contributed by atoms with Crippen LogP contribution in [0.1, 0.15) is 16.8 Å². The molecule has 0 saturated heterocycles. The van der Waals surface area contributed by atoms with E-state index in [2.05, 4.69) is 20.9 Å². The molecule has 150 valence electrons. The van der Waals surface area contributed by atoms with E-state index in [1.54, 1.807) is 30.3 Å². The molecule has 0 radical (unpaired) electrons. The number of benzene rings is 2. The molecule has 1 aromatic heterocycles. The fraction of sp³-hybridized carbons (Fsp3) is 0.200. The lowest BCUT2D eigenvalue weighted by atomic mass is 10.1. The third kappa shape index (κ3) is 5.02. The Morgan fingerprint density at radius 1 is 1.21 bits per heavy atom. The van der Waals surface area contributed by atoms with Gasteiger partial charge < -0.3 is 9.47 Å². The number of hydrogen-bond acceptors (Lipinski definition) is 6. The summed E-state index contributed by atoms with van der Waals surface area (Å²) in [4.78, 5) is 40.9. The second-order valence-electron chi connectivity index (χ2n) is 6.09. The van der Waals surface area contributed by atoms with Gasteiger partial charge in [0, 0.05) is 16.6 Å². The van der Waals surface area contributed by atoms with E-state index in [4.69, 9.17) is 21.1 Å². The number of esters is 1. The van der Waals surface area contributed by atoms with Gasteiger partial charge in [-0.2, -0.15) is 0 Å². The lowest BCUT2D eigenvalue weighted by Crippen LogP contribution is -2.23. The van der Waals surface area contributed by atoms with Crippen molar-refractivity contribution in [2.24, 2.45) is 0 Å². The van der Waals surface area contributed by atoms with Crippen LogP contribution < -0.4 is 10.3 Å². The maximum absolute atomic E-state index is 12.5. The summed E-state index contributed by atoms with van der Waals surface area (Å²) in [5.74, 6) is -0.543.